The lowest BCUT2D eigenvalue weighted by Gasteiger charge is -2.12. The number of carbonyl (C=O) groups excluding carboxylic acids is 1. The first kappa shape index (κ1) is 22.3. The van der Waals surface area contributed by atoms with E-state index in [0.29, 0.717) is 29.0 Å². The minimum Gasteiger partial charge on any atom is -0.497 e. The third-order valence-electron chi connectivity index (χ3n) is 4.74. The first-order valence-electron chi connectivity index (χ1n) is 9.59. The summed E-state index contributed by atoms with van der Waals surface area (Å²) in [6.45, 7) is 1.94. The molecular weight excluding hydrogens is 419 g/mol. The summed E-state index contributed by atoms with van der Waals surface area (Å²) in [6, 6.07) is 17.2. The summed E-state index contributed by atoms with van der Waals surface area (Å²) in [4.78, 5) is 12.6. The molecule has 2 N–H and O–H groups in total. The molecule has 3 aromatic rings. The zero-order valence-electron chi connectivity index (χ0n) is 17.2. The Morgan fingerprint density at radius 2 is 1.74 bits per heavy atom. The number of anilines is 1. The molecule has 0 aliphatic rings. The van der Waals surface area contributed by atoms with Crippen LogP contribution < -0.4 is 14.8 Å². The van der Waals surface area contributed by atoms with Gasteiger partial charge < -0.3 is 10.1 Å². The fraction of sp³-hybridized carbons (Fsp3) is 0.174. The highest BCUT2D eigenvalue weighted by atomic mass is 32.2. The molecule has 0 saturated heterocycles. The molecule has 0 bridgehead atoms. The zero-order valence-corrected chi connectivity index (χ0v) is 18.0. The number of ether oxygens (including phenoxy) is 1. The smallest absolute Gasteiger partial charge is 0.261 e. The van der Waals surface area contributed by atoms with Gasteiger partial charge in [-0.15, -0.1) is 0 Å². The van der Waals surface area contributed by atoms with Crippen molar-refractivity contribution in [2.45, 2.75) is 18.2 Å². The van der Waals surface area contributed by atoms with Crippen molar-refractivity contribution in [2.75, 3.05) is 18.4 Å². The number of nitrogens with one attached hydrogen (secondary N) is 2. The summed E-state index contributed by atoms with van der Waals surface area (Å²) in [5, 5.41) is 2.72. The van der Waals surface area contributed by atoms with Gasteiger partial charge in [0.15, 0.2) is 0 Å². The van der Waals surface area contributed by atoms with E-state index in [4.69, 9.17) is 4.74 Å². The third-order valence-corrected chi connectivity index (χ3v) is 6.12. The van der Waals surface area contributed by atoms with E-state index >= 15 is 0 Å². The summed E-state index contributed by atoms with van der Waals surface area (Å²) in [5.74, 6) is -0.145. The molecule has 3 aromatic carbocycles. The van der Waals surface area contributed by atoms with E-state index in [1.54, 1.807) is 55.5 Å². The van der Waals surface area contributed by atoms with Crippen LogP contribution in [0.5, 0.6) is 5.75 Å². The van der Waals surface area contributed by atoms with Crippen molar-refractivity contribution < 1.29 is 22.3 Å². The topological polar surface area (TPSA) is 84.5 Å². The van der Waals surface area contributed by atoms with Crippen molar-refractivity contribution in [3.63, 3.8) is 0 Å². The second-order valence-electron chi connectivity index (χ2n) is 6.91. The molecule has 0 heterocycles. The first-order valence-corrected chi connectivity index (χ1v) is 11.1. The Bertz CT molecular complexity index is 1180. The molecule has 0 radical (unpaired) electrons. The Morgan fingerprint density at radius 3 is 2.42 bits per heavy atom. The lowest BCUT2D eigenvalue weighted by atomic mass is 10.1. The average Bonchev–Trinajstić information content (AvgIpc) is 2.75. The SMILES string of the molecule is COc1ccc(NS(=O)(=O)c2ccc(C)c(C(=O)NCCc3ccccc3F)c2)cc1. The van der Waals surface area contributed by atoms with Crippen LogP contribution in [0.3, 0.4) is 0 Å². The van der Waals surface area contributed by atoms with Crippen LogP contribution in [0.1, 0.15) is 21.5 Å². The molecule has 0 aliphatic carbocycles. The molecule has 31 heavy (non-hydrogen) atoms. The van der Waals surface area contributed by atoms with Gasteiger partial charge in [0.1, 0.15) is 11.6 Å². The fourth-order valence-electron chi connectivity index (χ4n) is 2.99. The number of halogens is 1. The lowest BCUT2D eigenvalue weighted by Crippen LogP contribution is -2.27. The monoisotopic (exact) mass is 442 g/mol. The van der Waals surface area contributed by atoms with E-state index in [1.165, 1.54) is 25.3 Å². The van der Waals surface area contributed by atoms with Crippen LogP contribution in [-0.4, -0.2) is 28.0 Å². The van der Waals surface area contributed by atoms with Gasteiger partial charge >= 0.3 is 0 Å². The Labute approximate surface area is 181 Å². The number of sulfonamides is 1. The maximum Gasteiger partial charge on any atom is 0.261 e. The molecule has 0 aromatic heterocycles. The second-order valence-corrected chi connectivity index (χ2v) is 8.59. The van der Waals surface area contributed by atoms with Gasteiger partial charge in [-0.3, -0.25) is 9.52 Å². The largest absolute Gasteiger partial charge is 0.497 e. The quantitative estimate of drug-likeness (QED) is 0.554. The van der Waals surface area contributed by atoms with Gasteiger partial charge in [0.05, 0.1) is 12.0 Å². The maximum atomic E-state index is 13.7. The van der Waals surface area contributed by atoms with Crippen LogP contribution >= 0.6 is 0 Å². The van der Waals surface area contributed by atoms with Gasteiger partial charge in [-0.2, -0.15) is 0 Å². The normalized spacial score (nSPS) is 11.1. The highest BCUT2D eigenvalue weighted by Gasteiger charge is 2.18. The van der Waals surface area contributed by atoms with Gasteiger partial charge in [-0.05, 0) is 66.9 Å². The molecule has 0 saturated carbocycles. The summed E-state index contributed by atoms with van der Waals surface area (Å²) >= 11 is 0. The van der Waals surface area contributed by atoms with Crippen LogP contribution in [0.2, 0.25) is 0 Å². The summed E-state index contributed by atoms with van der Waals surface area (Å²) in [7, 11) is -2.37. The van der Waals surface area contributed by atoms with Crippen molar-refractivity contribution in [1.29, 1.82) is 0 Å². The minimum atomic E-state index is -3.90. The number of methoxy groups -OCH3 is 1. The van der Waals surface area contributed by atoms with E-state index in [9.17, 15) is 17.6 Å². The van der Waals surface area contributed by atoms with Gasteiger partial charge in [0, 0.05) is 17.8 Å². The van der Waals surface area contributed by atoms with E-state index in [2.05, 4.69) is 10.0 Å². The Kier molecular flexibility index (Phi) is 6.91. The van der Waals surface area contributed by atoms with Crippen LogP contribution in [0.15, 0.2) is 71.6 Å². The number of amides is 1. The molecule has 0 atom stereocenters. The molecule has 1 amide bonds. The van der Waals surface area contributed by atoms with Crippen molar-refractivity contribution in [3.05, 3.63) is 89.2 Å². The van der Waals surface area contributed by atoms with E-state index in [1.807, 2.05) is 0 Å². The molecular formula is C23H23FN2O4S. The van der Waals surface area contributed by atoms with Crippen molar-refractivity contribution in [1.82, 2.24) is 5.32 Å². The van der Waals surface area contributed by atoms with Gasteiger partial charge in [0.25, 0.3) is 15.9 Å². The molecule has 0 unspecified atom stereocenters. The summed E-state index contributed by atoms with van der Waals surface area (Å²) in [6.07, 6.45) is 0.328. The van der Waals surface area contributed by atoms with Crippen LogP contribution in [0.4, 0.5) is 10.1 Å². The van der Waals surface area contributed by atoms with E-state index in [0.717, 1.165) is 0 Å². The lowest BCUT2D eigenvalue weighted by molar-refractivity contribution is 0.0953. The number of hydrogen-bond donors (Lipinski definition) is 2. The number of hydrogen-bond acceptors (Lipinski definition) is 4. The first-order chi connectivity index (χ1) is 14.8. The van der Waals surface area contributed by atoms with Gasteiger partial charge in [0.2, 0.25) is 0 Å². The Balaban J connectivity index is 1.72. The molecule has 8 heteroatoms. The molecule has 0 spiro atoms. The predicted molar refractivity (Wildman–Crippen MR) is 117 cm³/mol. The van der Waals surface area contributed by atoms with Crippen LogP contribution in [-0.2, 0) is 16.4 Å². The standard InChI is InChI=1S/C23H23FN2O4S/c1-16-7-12-20(31(28,29)26-18-8-10-19(30-2)11-9-18)15-21(16)23(27)25-14-13-17-5-3-4-6-22(17)24/h3-12,15,26H,13-14H2,1-2H3,(H,25,27). The van der Waals surface area contributed by atoms with Gasteiger partial charge in [-0.25, -0.2) is 12.8 Å². The summed E-state index contributed by atoms with van der Waals surface area (Å²) in [5.41, 5.74) is 1.75. The highest BCUT2D eigenvalue weighted by molar-refractivity contribution is 7.92. The van der Waals surface area contributed by atoms with Crippen molar-refractivity contribution in [2.24, 2.45) is 0 Å². The van der Waals surface area contributed by atoms with Crippen LogP contribution in [0, 0.1) is 12.7 Å². The molecule has 3 rings (SSSR count). The maximum absolute atomic E-state index is 13.7. The Morgan fingerprint density at radius 1 is 1.03 bits per heavy atom. The zero-order chi connectivity index (χ0) is 22.4. The van der Waals surface area contributed by atoms with E-state index in [-0.39, 0.29) is 22.8 Å². The highest BCUT2D eigenvalue weighted by Crippen LogP contribution is 2.21. The number of rotatable bonds is 8. The molecule has 0 aliphatic heterocycles. The second kappa shape index (κ2) is 9.61. The molecule has 0 fully saturated rings. The predicted octanol–water partition coefficient (Wildman–Crippen LogP) is 3.92. The number of carbonyl (C=O) groups is 1. The van der Waals surface area contributed by atoms with Crippen molar-refractivity contribution in [3.8, 4) is 5.75 Å². The summed E-state index contributed by atoms with van der Waals surface area (Å²) < 4.78 is 46.8. The van der Waals surface area contributed by atoms with E-state index < -0.39 is 15.9 Å². The van der Waals surface area contributed by atoms with Gasteiger partial charge in [-0.1, -0.05) is 24.3 Å². The third kappa shape index (κ3) is 5.61. The molecule has 6 nitrogen and oxygen atoms in total. The Hall–Kier alpha value is -3.39. The van der Waals surface area contributed by atoms with Crippen molar-refractivity contribution >= 4 is 21.6 Å². The number of benzene rings is 3. The molecule has 162 valence electrons. The van der Waals surface area contributed by atoms with Crippen LogP contribution in [0.25, 0.3) is 0 Å². The number of aryl methyl sites for hydroxylation is 1. The minimum absolute atomic E-state index is 0.0341. The average molecular weight is 443 g/mol. The fourth-order valence-corrected chi connectivity index (χ4v) is 4.08.